The molecule has 21 heavy (non-hydrogen) atoms. The third kappa shape index (κ3) is 3.34. The SMILES string of the molecule is CC(NC(=O)c1cc(F)c(N)c(F)c1)c1cccc(F)c1. The van der Waals surface area contributed by atoms with Gasteiger partial charge in [0.25, 0.3) is 5.91 Å². The Kier molecular flexibility index (Phi) is 4.16. The standard InChI is InChI=1S/C15H13F3N2O/c1-8(9-3-2-4-11(16)5-9)20-15(21)10-6-12(17)14(19)13(18)7-10/h2-8H,19H2,1H3,(H,20,21). The van der Waals surface area contributed by atoms with Gasteiger partial charge in [0.1, 0.15) is 23.1 Å². The number of amides is 1. The Morgan fingerprint density at radius 3 is 2.33 bits per heavy atom. The number of carbonyl (C=O) groups excluding carboxylic acids is 1. The maximum absolute atomic E-state index is 13.3. The van der Waals surface area contributed by atoms with Crippen LogP contribution in [0.15, 0.2) is 36.4 Å². The topological polar surface area (TPSA) is 55.1 Å². The third-order valence-electron chi connectivity index (χ3n) is 3.04. The van der Waals surface area contributed by atoms with E-state index in [0.29, 0.717) is 5.56 Å². The van der Waals surface area contributed by atoms with Crippen LogP contribution in [0.3, 0.4) is 0 Å². The fraction of sp³-hybridized carbons (Fsp3) is 0.133. The molecule has 0 saturated carbocycles. The van der Waals surface area contributed by atoms with Crippen LogP contribution in [0.5, 0.6) is 0 Å². The predicted molar refractivity (Wildman–Crippen MR) is 73.1 cm³/mol. The minimum Gasteiger partial charge on any atom is -0.394 e. The number of hydrogen-bond acceptors (Lipinski definition) is 2. The summed E-state index contributed by atoms with van der Waals surface area (Å²) in [4.78, 5) is 12.0. The van der Waals surface area contributed by atoms with E-state index in [4.69, 9.17) is 5.73 Å². The lowest BCUT2D eigenvalue weighted by atomic mass is 10.1. The second kappa shape index (κ2) is 5.87. The van der Waals surface area contributed by atoms with E-state index in [1.54, 1.807) is 13.0 Å². The molecule has 0 radical (unpaired) electrons. The lowest BCUT2D eigenvalue weighted by molar-refractivity contribution is 0.0939. The number of hydrogen-bond donors (Lipinski definition) is 2. The summed E-state index contributed by atoms with van der Waals surface area (Å²) in [5.41, 5.74) is 4.85. The first-order valence-corrected chi connectivity index (χ1v) is 6.19. The van der Waals surface area contributed by atoms with Crippen LogP contribution in [0, 0.1) is 17.5 Å². The van der Waals surface area contributed by atoms with Gasteiger partial charge in [-0.05, 0) is 36.8 Å². The summed E-state index contributed by atoms with van der Waals surface area (Å²) in [5.74, 6) is -3.11. The first-order valence-electron chi connectivity index (χ1n) is 6.19. The molecule has 0 aromatic heterocycles. The average molecular weight is 294 g/mol. The molecular weight excluding hydrogens is 281 g/mol. The van der Waals surface area contributed by atoms with Gasteiger partial charge in [-0.1, -0.05) is 12.1 Å². The number of rotatable bonds is 3. The Labute approximate surface area is 119 Å². The molecule has 1 unspecified atom stereocenters. The zero-order valence-corrected chi connectivity index (χ0v) is 11.2. The summed E-state index contributed by atoms with van der Waals surface area (Å²) >= 11 is 0. The molecule has 0 fully saturated rings. The van der Waals surface area contributed by atoms with Crippen molar-refractivity contribution >= 4 is 11.6 Å². The maximum Gasteiger partial charge on any atom is 0.251 e. The predicted octanol–water partition coefficient (Wildman–Crippen LogP) is 3.18. The van der Waals surface area contributed by atoms with Gasteiger partial charge in [0, 0.05) is 5.56 Å². The van der Waals surface area contributed by atoms with Crippen molar-refractivity contribution in [1.29, 1.82) is 0 Å². The highest BCUT2D eigenvalue weighted by Gasteiger charge is 2.16. The molecule has 0 aliphatic rings. The van der Waals surface area contributed by atoms with E-state index < -0.39 is 35.1 Å². The zero-order valence-electron chi connectivity index (χ0n) is 11.2. The van der Waals surface area contributed by atoms with Gasteiger partial charge in [-0.15, -0.1) is 0 Å². The second-order valence-corrected chi connectivity index (χ2v) is 4.60. The van der Waals surface area contributed by atoms with E-state index in [0.717, 1.165) is 12.1 Å². The monoisotopic (exact) mass is 294 g/mol. The van der Waals surface area contributed by atoms with Crippen LogP contribution < -0.4 is 11.1 Å². The van der Waals surface area contributed by atoms with E-state index >= 15 is 0 Å². The van der Waals surface area contributed by atoms with Gasteiger partial charge in [0.2, 0.25) is 0 Å². The van der Waals surface area contributed by atoms with Crippen LogP contribution in [-0.4, -0.2) is 5.91 Å². The minimum atomic E-state index is -1.00. The van der Waals surface area contributed by atoms with Crippen LogP contribution >= 0.6 is 0 Å². The first-order chi connectivity index (χ1) is 9.88. The van der Waals surface area contributed by atoms with Gasteiger partial charge >= 0.3 is 0 Å². The van der Waals surface area contributed by atoms with Gasteiger partial charge in [-0.3, -0.25) is 4.79 Å². The first kappa shape index (κ1) is 14.9. The summed E-state index contributed by atoms with van der Waals surface area (Å²) in [7, 11) is 0. The van der Waals surface area contributed by atoms with Crippen molar-refractivity contribution in [3.63, 3.8) is 0 Å². The van der Waals surface area contributed by atoms with Gasteiger partial charge in [-0.2, -0.15) is 0 Å². The van der Waals surface area contributed by atoms with Crippen LogP contribution in [-0.2, 0) is 0 Å². The summed E-state index contributed by atoms with van der Waals surface area (Å²) in [6, 6.07) is 6.89. The van der Waals surface area contributed by atoms with E-state index in [2.05, 4.69) is 5.32 Å². The lowest BCUT2D eigenvalue weighted by Crippen LogP contribution is -2.27. The second-order valence-electron chi connectivity index (χ2n) is 4.60. The summed E-state index contributed by atoms with van der Waals surface area (Å²) < 4.78 is 39.8. The summed E-state index contributed by atoms with van der Waals surface area (Å²) in [6.45, 7) is 1.64. The van der Waals surface area contributed by atoms with Crippen LogP contribution in [0.1, 0.15) is 28.9 Å². The molecule has 3 nitrogen and oxygen atoms in total. The normalized spacial score (nSPS) is 12.0. The molecule has 0 spiro atoms. The number of nitrogens with one attached hydrogen (secondary N) is 1. The molecule has 2 aromatic rings. The van der Waals surface area contributed by atoms with Crippen LogP contribution in [0.4, 0.5) is 18.9 Å². The molecular formula is C15H13F3N2O. The van der Waals surface area contributed by atoms with Crippen molar-refractivity contribution in [1.82, 2.24) is 5.32 Å². The Morgan fingerprint density at radius 2 is 1.76 bits per heavy atom. The molecule has 2 aromatic carbocycles. The van der Waals surface area contributed by atoms with E-state index in [9.17, 15) is 18.0 Å². The lowest BCUT2D eigenvalue weighted by Gasteiger charge is -2.15. The fourth-order valence-electron chi connectivity index (χ4n) is 1.85. The molecule has 0 saturated heterocycles. The van der Waals surface area contributed by atoms with Crippen molar-refractivity contribution < 1.29 is 18.0 Å². The molecule has 110 valence electrons. The minimum absolute atomic E-state index is 0.192. The van der Waals surface area contributed by atoms with Gasteiger partial charge in [-0.25, -0.2) is 13.2 Å². The molecule has 0 heterocycles. The van der Waals surface area contributed by atoms with Crippen molar-refractivity contribution in [3.05, 3.63) is 65.0 Å². The Hall–Kier alpha value is -2.50. The molecule has 0 aliphatic heterocycles. The van der Waals surface area contributed by atoms with E-state index in [1.807, 2.05) is 0 Å². The maximum atomic E-state index is 13.3. The summed E-state index contributed by atoms with van der Waals surface area (Å²) in [6.07, 6.45) is 0. The highest BCUT2D eigenvalue weighted by atomic mass is 19.1. The fourth-order valence-corrected chi connectivity index (χ4v) is 1.85. The Bertz CT molecular complexity index is 665. The van der Waals surface area contributed by atoms with Crippen molar-refractivity contribution in [2.75, 3.05) is 5.73 Å². The number of anilines is 1. The molecule has 3 N–H and O–H groups in total. The molecule has 1 amide bonds. The van der Waals surface area contributed by atoms with Crippen molar-refractivity contribution in [2.45, 2.75) is 13.0 Å². The number of nitrogens with two attached hydrogens (primary N) is 1. The van der Waals surface area contributed by atoms with E-state index in [1.165, 1.54) is 18.2 Å². The van der Waals surface area contributed by atoms with Gasteiger partial charge in [0.15, 0.2) is 0 Å². The third-order valence-corrected chi connectivity index (χ3v) is 3.04. The average Bonchev–Trinajstić information content (AvgIpc) is 2.44. The van der Waals surface area contributed by atoms with Crippen molar-refractivity contribution in [3.8, 4) is 0 Å². The number of nitrogen functional groups attached to an aromatic ring is 1. The number of carbonyl (C=O) groups is 1. The Balaban J connectivity index is 2.18. The highest BCUT2D eigenvalue weighted by Crippen LogP contribution is 2.19. The quantitative estimate of drug-likeness (QED) is 0.854. The van der Waals surface area contributed by atoms with Gasteiger partial charge in [0.05, 0.1) is 6.04 Å². The molecule has 1 atom stereocenters. The molecule has 6 heteroatoms. The number of halogens is 3. The summed E-state index contributed by atoms with van der Waals surface area (Å²) in [5, 5.41) is 2.53. The van der Waals surface area contributed by atoms with Crippen LogP contribution in [0.25, 0.3) is 0 Å². The Morgan fingerprint density at radius 1 is 1.14 bits per heavy atom. The molecule has 0 aliphatic carbocycles. The van der Waals surface area contributed by atoms with Crippen molar-refractivity contribution in [2.24, 2.45) is 0 Å². The zero-order chi connectivity index (χ0) is 15.6. The highest BCUT2D eigenvalue weighted by molar-refractivity contribution is 5.94. The van der Waals surface area contributed by atoms with E-state index in [-0.39, 0.29) is 5.56 Å². The largest absolute Gasteiger partial charge is 0.394 e. The van der Waals surface area contributed by atoms with Gasteiger partial charge < -0.3 is 11.1 Å². The molecule has 2 rings (SSSR count). The van der Waals surface area contributed by atoms with Crippen LogP contribution in [0.2, 0.25) is 0 Å². The molecule has 0 bridgehead atoms. The smallest absolute Gasteiger partial charge is 0.251 e. The number of benzene rings is 2.